The normalized spacial score (nSPS) is 14.2. The Kier molecular flexibility index (Phi) is 6.88. The maximum Gasteiger partial charge on any atom is 0.267 e. The summed E-state index contributed by atoms with van der Waals surface area (Å²) in [7, 11) is 0. The largest absolute Gasteiger partial charge is 0.456 e. The quantitative estimate of drug-likeness (QED) is 0.166. The summed E-state index contributed by atoms with van der Waals surface area (Å²) in [6, 6.07) is 52.4. The maximum atomic E-state index is 9.22. The molecule has 0 unspecified atom stereocenters. The molecule has 0 saturated carbocycles. The minimum absolute atomic E-state index is 0.0411. The van der Waals surface area contributed by atoms with Crippen LogP contribution in [0.5, 0.6) is 23.0 Å². The number of hydrogen-bond acceptors (Lipinski definition) is 5. The molecule has 0 atom stereocenters. The predicted molar refractivity (Wildman–Crippen MR) is 295 cm³/mol. The molecule has 10 aromatic carbocycles. The summed E-state index contributed by atoms with van der Waals surface area (Å²) in [4.78, 5) is 0. The Hall–Kier alpha value is -8.52. The number of benzene rings is 10. The topological polar surface area (TPSA) is 49.7 Å². The van der Waals surface area contributed by atoms with Crippen LogP contribution in [0.1, 0.15) is 33.2 Å². The Labute approximate surface area is 418 Å². The molecule has 0 saturated heterocycles. The molecule has 4 aromatic heterocycles. The highest BCUT2D eigenvalue weighted by Crippen LogP contribution is 2.52. The number of nitrogens with zero attached hydrogens (tertiary/aromatic N) is 1. The molecule has 2 aliphatic rings. The third-order valence-electron chi connectivity index (χ3n) is 14.9. The summed E-state index contributed by atoms with van der Waals surface area (Å²) < 4.78 is 78.3. The average molecular weight is 935 g/mol. The number of ether oxygens (including phenoxy) is 2. The van der Waals surface area contributed by atoms with E-state index in [4.69, 9.17) is 22.4 Å². The molecule has 14 aromatic rings. The van der Waals surface area contributed by atoms with Crippen molar-refractivity contribution in [1.29, 1.82) is 0 Å². The smallest absolute Gasteiger partial charge is 0.267 e. The van der Waals surface area contributed by atoms with Gasteiger partial charge in [0.2, 0.25) is 0 Å². The van der Waals surface area contributed by atoms with Gasteiger partial charge >= 0.3 is 0 Å². The van der Waals surface area contributed by atoms with E-state index in [1.54, 1.807) is 17.4 Å². The van der Waals surface area contributed by atoms with Gasteiger partial charge in [-0.3, -0.25) is 0 Å². The minimum Gasteiger partial charge on any atom is -0.456 e. The fourth-order valence-electron chi connectivity index (χ4n) is 11.8. The molecule has 0 aliphatic carbocycles. The highest BCUT2D eigenvalue weighted by Gasteiger charge is 2.47. The Morgan fingerprint density at radius 2 is 1.18 bits per heavy atom. The summed E-state index contributed by atoms with van der Waals surface area (Å²) in [5.41, 5.74) is 11.6. The molecule has 71 heavy (non-hydrogen) atoms. The molecule has 6 heterocycles. The number of furan rings is 2. The van der Waals surface area contributed by atoms with Crippen LogP contribution in [0.15, 0.2) is 197 Å². The lowest BCUT2D eigenvalue weighted by molar-refractivity contribution is 0.464. The van der Waals surface area contributed by atoms with E-state index in [9.17, 15) is 2.74 Å². The van der Waals surface area contributed by atoms with E-state index >= 15 is 0 Å². The second-order valence-corrected chi connectivity index (χ2v) is 20.9. The van der Waals surface area contributed by atoms with Gasteiger partial charge in [-0.05, 0) is 93.3 Å². The first-order chi connectivity index (χ1) is 36.9. The molecule has 0 N–H and O–H groups in total. The van der Waals surface area contributed by atoms with Gasteiger partial charge in [0.15, 0.2) is 17.1 Å². The van der Waals surface area contributed by atoms with E-state index in [-0.39, 0.29) is 23.1 Å². The van der Waals surface area contributed by atoms with E-state index in [2.05, 4.69) is 147 Å². The first kappa shape index (κ1) is 34.7. The SMILES string of the molecule is [2H]c1c([2H])c([2H])c(-c2cc3c4c(c2)Oc2c(c5oc6ccc(-c7ccccc7)cc6c5c5c6ccccc6n(-c6ccc(C(C)(C)C)cc6)c25)B4c2c(c4oc5ccccc5c4c4c2sc2ccccc24)O3)c([2H])c1[2H]. The lowest BCUT2D eigenvalue weighted by atomic mass is 9.34. The lowest BCUT2D eigenvalue weighted by Crippen LogP contribution is -2.57. The molecule has 334 valence electrons. The molecule has 0 radical (unpaired) electrons. The zero-order valence-electron chi connectivity index (χ0n) is 43.6. The fraction of sp³-hybridized carbons (Fsp3) is 0.0625. The van der Waals surface area contributed by atoms with Crippen LogP contribution in [0.3, 0.4) is 0 Å². The monoisotopic (exact) mass is 934 g/mol. The molecule has 7 heteroatoms. The molecule has 0 spiro atoms. The summed E-state index contributed by atoms with van der Waals surface area (Å²) in [5.74, 6) is 1.96. The van der Waals surface area contributed by atoms with Crippen LogP contribution in [0, 0.1) is 0 Å². The molecule has 0 bridgehead atoms. The number of fused-ring (bicyclic) bond motifs is 22. The van der Waals surface area contributed by atoms with Gasteiger partial charge in [0.1, 0.15) is 28.2 Å². The second-order valence-electron chi connectivity index (χ2n) is 19.9. The maximum absolute atomic E-state index is 9.22. The van der Waals surface area contributed by atoms with E-state index in [0.717, 1.165) is 108 Å². The molecular weight excluding hydrogens is 890 g/mol. The molecule has 0 fully saturated rings. The van der Waals surface area contributed by atoms with Crippen molar-refractivity contribution in [1.82, 2.24) is 4.57 Å². The van der Waals surface area contributed by atoms with Crippen LogP contribution in [-0.4, -0.2) is 11.3 Å². The predicted octanol–water partition coefficient (Wildman–Crippen LogP) is 16.3. The van der Waals surface area contributed by atoms with Crippen molar-refractivity contribution in [2.75, 3.05) is 0 Å². The Morgan fingerprint density at radius 3 is 1.99 bits per heavy atom. The van der Waals surface area contributed by atoms with Gasteiger partial charge in [0.05, 0.1) is 17.9 Å². The van der Waals surface area contributed by atoms with Gasteiger partial charge in [-0.25, -0.2) is 0 Å². The van der Waals surface area contributed by atoms with Crippen LogP contribution in [0.2, 0.25) is 0 Å². The molecule has 2 aliphatic heterocycles. The molecule has 5 nitrogen and oxygen atoms in total. The van der Waals surface area contributed by atoms with Gasteiger partial charge in [-0.15, -0.1) is 11.3 Å². The van der Waals surface area contributed by atoms with Gasteiger partial charge in [-0.2, -0.15) is 0 Å². The summed E-state index contributed by atoms with van der Waals surface area (Å²) in [6.07, 6.45) is 0. The molecule has 16 rings (SSSR count). The van der Waals surface area contributed by atoms with Crippen molar-refractivity contribution in [2.24, 2.45) is 0 Å². The zero-order chi connectivity index (χ0) is 51.2. The Morgan fingerprint density at radius 1 is 0.507 bits per heavy atom. The Balaban J connectivity index is 1.13. The molecular formula is C64H40BNO4S. The van der Waals surface area contributed by atoms with Crippen LogP contribution < -0.4 is 25.9 Å². The highest BCUT2D eigenvalue weighted by molar-refractivity contribution is 7.28. The van der Waals surface area contributed by atoms with Gasteiger partial charge in [0, 0.05) is 69.1 Å². The number of rotatable bonds is 3. The summed E-state index contributed by atoms with van der Waals surface area (Å²) in [5, 5.41) is 7.97. The van der Waals surface area contributed by atoms with Crippen molar-refractivity contribution < 1.29 is 25.2 Å². The van der Waals surface area contributed by atoms with Crippen molar-refractivity contribution in [3.05, 3.63) is 194 Å². The third kappa shape index (κ3) is 5.36. The number of aromatic nitrogens is 1. The van der Waals surface area contributed by atoms with Crippen molar-refractivity contribution in [2.45, 2.75) is 26.2 Å². The lowest BCUT2D eigenvalue weighted by Gasteiger charge is -2.34. The van der Waals surface area contributed by atoms with Crippen LogP contribution in [0.4, 0.5) is 0 Å². The Bertz CT molecular complexity index is 4900. The second kappa shape index (κ2) is 14.1. The van der Waals surface area contributed by atoms with Gasteiger partial charge < -0.3 is 22.9 Å². The minimum atomic E-state index is -0.601. The van der Waals surface area contributed by atoms with Gasteiger partial charge in [-0.1, -0.05) is 154 Å². The average Bonchev–Trinajstić information content (AvgIpc) is 4.17. The summed E-state index contributed by atoms with van der Waals surface area (Å²) >= 11 is 1.72. The van der Waals surface area contributed by atoms with E-state index in [1.807, 2.05) is 30.3 Å². The van der Waals surface area contributed by atoms with Crippen LogP contribution >= 0.6 is 11.3 Å². The first-order valence-electron chi connectivity index (χ1n) is 26.4. The molecule has 0 amide bonds. The zero-order valence-corrected chi connectivity index (χ0v) is 39.4. The van der Waals surface area contributed by atoms with Crippen molar-refractivity contribution in [3.8, 4) is 50.9 Å². The third-order valence-corrected chi connectivity index (χ3v) is 16.1. The number of hydrogen-bond donors (Lipinski definition) is 0. The number of thiophene rings is 1. The fourth-order valence-corrected chi connectivity index (χ4v) is 13.1. The van der Waals surface area contributed by atoms with Crippen LogP contribution in [0.25, 0.3) is 114 Å². The van der Waals surface area contributed by atoms with Crippen molar-refractivity contribution >= 4 is 120 Å². The van der Waals surface area contributed by atoms with E-state index in [0.29, 0.717) is 39.7 Å². The van der Waals surface area contributed by atoms with Gasteiger partial charge in [0.25, 0.3) is 6.71 Å². The summed E-state index contributed by atoms with van der Waals surface area (Å²) in [6.45, 7) is 6.06. The van der Waals surface area contributed by atoms with Crippen molar-refractivity contribution in [3.63, 3.8) is 0 Å². The van der Waals surface area contributed by atoms with E-state index < -0.39 is 24.8 Å². The number of para-hydroxylation sites is 2. The standard InChI is InChI=1S/C64H40BNO4S/c1-64(2,3)39-27-29-40(30-28-39)66-45-23-13-10-20-41(45)51-53-44-32-37(35-16-6-4-7-17-35)26-31-47(44)67-59(53)56-61(58(51)66)69-48-33-38(36-18-8-5-9-19-36)34-49-55(48)65(56)57-62(70-49)60-52(42-21-11-14-24-46(42)68-60)54-43-22-12-15-25-50(43)71-63(54)57/h4-34H,1-3H3/i5D,8D,9D,18D,19D. The van der Waals surface area contributed by atoms with Crippen LogP contribution in [-0.2, 0) is 5.41 Å². The van der Waals surface area contributed by atoms with E-state index in [1.165, 1.54) is 5.56 Å². The first-order valence-corrected chi connectivity index (χ1v) is 24.8. The highest BCUT2D eigenvalue weighted by atomic mass is 32.1.